The van der Waals surface area contributed by atoms with Crippen LogP contribution in [0.4, 0.5) is 17.1 Å². The van der Waals surface area contributed by atoms with Crippen LogP contribution in [0.2, 0.25) is 0 Å². The van der Waals surface area contributed by atoms with E-state index in [2.05, 4.69) is 10.6 Å². The molecule has 5 heteroatoms. The largest absolute Gasteiger partial charge is 0.493 e. The highest BCUT2D eigenvalue weighted by Crippen LogP contribution is 2.30. The third-order valence-electron chi connectivity index (χ3n) is 4.42. The zero-order valence-corrected chi connectivity index (χ0v) is 16.3. The average molecular weight is 376 g/mol. The molecule has 5 nitrogen and oxygen atoms in total. The van der Waals surface area contributed by atoms with Crippen molar-refractivity contribution in [2.24, 2.45) is 0 Å². The maximum absolute atomic E-state index is 12.5. The lowest BCUT2D eigenvalue weighted by Crippen LogP contribution is -2.15. The summed E-state index contributed by atoms with van der Waals surface area (Å²) in [4.78, 5) is 12.5. The maximum Gasteiger partial charge on any atom is 0.228 e. The van der Waals surface area contributed by atoms with Gasteiger partial charge in [0.2, 0.25) is 5.91 Å². The van der Waals surface area contributed by atoms with Crippen molar-refractivity contribution >= 4 is 23.0 Å². The molecule has 0 radical (unpaired) electrons. The van der Waals surface area contributed by atoms with Gasteiger partial charge >= 0.3 is 0 Å². The molecule has 2 N–H and O–H groups in total. The molecule has 0 aliphatic rings. The lowest BCUT2D eigenvalue weighted by atomic mass is 10.0. The van der Waals surface area contributed by atoms with Gasteiger partial charge in [0, 0.05) is 17.1 Å². The fourth-order valence-electron chi connectivity index (χ4n) is 2.92. The van der Waals surface area contributed by atoms with Crippen LogP contribution in [-0.4, -0.2) is 20.1 Å². The van der Waals surface area contributed by atoms with Crippen LogP contribution in [0.25, 0.3) is 0 Å². The Balaban J connectivity index is 1.63. The number of carbonyl (C=O) groups excluding carboxylic acids is 1. The van der Waals surface area contributed by atoms with Crippen molar-refractivity contribution in [3.63, 3.8) is 0 Å². The predicted molar refractivity (Wildman–Crippen MR) is 113 cm³/mol. The van der Waals surface area contributed by atoms with Crippen molar-refractivity contribution in [2.75, 3.05) is 24.9 Å². The van der Waals surface area contributed by atoms with Crippen LogP contribution in [0.15, 0.2) is 66.7 Å². The number of rotatable bonds is 7. The summed E-state index contributed by atoms with van der Waals surface area (Å²) < 4.78 is 10.6. The predicted octanol–water partition coefficient (Wildman–Crippen LogP) is 4.94. The Morgan fingerprint density at radius 3 is 2.04 bits per heavy atom. The number of amides is 1. The summed E-state index contributed by atoms with van der Waals surface area (Å²) in [6.07, 6.45) is 0.260. The summed E-state index contributed by atoms with van der Waals surface area (Å²) in [5, 5.41) is 6.25. The van der Waals surface area contributed by atoms with Crippen LogP contribution >= 0.6 is 0 Å². The number of hydrogen-bond donors (Lipinski definition) is 2. The number of anilines is 3. The van der Waals surface area contributed by atoms with Crippen LogP contribution in [0.5, 0.6) is 11.5 Å². The number of benzene rings is 3. The maximum atomic E-state index is 12.5. The molecule has 0 bridgehead atoms. The van der Waals surface area contributed by atoms with Crippen molar-refractivity contribution < 1.29 is 14.3 Å². The van der Waals surface area contributed by atoms with E-state index in [1.165, 1.54) is 0 Å². The van der Waals surface area contributed by atoms with Gasteiger partial charge in [0.15, 0.2) is 11.5 Å². The van der Waals surface area contributed by atoms with Crippen molar-refractivity contribution in [3.8, 4) is 11.5 Å². The van der Waals surface area contributed by atoms with E-state index >= 15 is 0 Å². The second kappa shape index (κ2) is 8.95. The Hall–Kier alpha value is -3.47. The SMILES string of the molecule is COc1cc(C)c(CC(=O)Nc2ccc(Nc3ccccc3)cc2)cc1OC. The van der Waals surface area contributed by atoms with Crippen molar-refractivity contribution in [3.05, 3.63) is 77.9 Å². The molecule has 3 rings (SSSR count). The highest BCUT2D eigenvalue weighted by atomic mass is 16.5. The normalized spacial score (nSPS) is 10.2. The zero-order valence-electron chi connectivity index (χ0n) is 16.3. The summed E-state index contributed by atoms with van der Waals surface area (Å²) >= 11 is 0. The Labute approximate surface area is 165 Å². The molecule has 0 saturated heterocycles. The molecule has 3 aromatic carbocycles. The van der Waals surface area contributed by atoms with Gasteiger partial charge in [0.05, 0.1) is 20.6 Å². The molecule has 3 aromatic rings. The molecule has 0 aliphatic carbocycles. The van der Waals surface area contributed by atoms with Crippen molar-refractivity contribution in [1.82, 2.24) is 0 Å². The Kier molecular flexibility index (Phi) is 6.17. The average Bonchev–Trinajstić information content (AvgIpc) is 2.71. The monoisotopic (exact) mass is 376 g/mol. The molecule has 0 aliphatic heterocycles. The molecule has 0 fully saturated rings. The first kappa shape index (κ1) is 19.3. The number of aryl methyl sites for hydroxylation is 1. The Morgan fingerprint density at radius 1 is 0.821 bits per heavy atom. The molecule has 28 heavy (non-hydrogen) atoms. The Bertz CT molecular complexity index is 938. The number of hydrogen-bond acceptors (Lipinski definition) is 4. The van der Waals surface area contributed by atoms with Gasteiger partial charge in [-0.05, 0) is 66.6 Å². The van der Waals surface area contributed by atoms with Crippen LogP contribution in [-0.2, 0) is 11.2 Å². The van der Waals surface area contributed by atoms with Crippen LogP contribution in [0.1, 0.15) is 11.1 Å². The minimum Gasteiger partial charge on any atom is -0.493 e. The van der Waals surface area contributed by atoms with Crippen LogP contribution < -0.4 is 20.1 Å². The lowest BCUT2D eigenvalue weighted by Gasteiger charge is -2.13. The molecule has 0 saturated carbocycles. The van der Waals surface area contributed by atoms with Gasteiger partial charge in [-0.3, -0.25) is 4.79 Å². The summed E-state index contributed by atoms with van der Waals surface area (Å²) in [5.41, 5.74) is 4.61. The molecule has 0 unspecified atom stereocenters. The van der Waals surface area contributed by atoms with Crippen molar-refractivity contribution in [1.29, 1.82) is 0 Å². The zero-order chi connectivity index (χ0) is 19.9. The van der Waals surface area contributed by atoms with E-state index in [9.17, 15) is 4.79 Å². The number of methoxy groups -OCH3 is 2. The highest BCUT2D eigenvalue weighted by Gasteiger charge is 2.12. The van der Waals surface area contributed by atoms with E-state index < -0.39 is 0 Å². The summed E-state index contributed by atoms with van der Waals surface area (Å²) in [5.74, 6) is 1.19. The van der Waals surface area contributed by atoms with Crippen molar-refractivity contribution in [2.45, 2.75) is 13.3 Å². The first-order chi connectivity index (χ1) is 13.6. The number of ether oxygens (including phenoxy) is 2. The van der Waals surface area contributed by atoms with E-state index in [0.29, 0.717) is 11.5 Å². The molecule has 0 atom stereocenters. The van der Waals surface area contributed by atoms with E-state index in [-0.39, 0.29) is 12.3 Å². The molecular weight excluding hydrogens is 352 g/mol. The van der Waals surface area contributed by atoms with Gasteiger partial charge < -0.3 is 20.1 Å². The quantitative estimate of drug-likeness (QED) is 0.613. The summed E-state index contributed by atoms with van der Waals surface area (Å²) in [7, 11) is 3.18. The Morgan fingerprint density at radius 2 is 1.39 bits per heavy atom. The summed E-state index contributed by atoms with van der Waals surface area (Å²) in [6.45, 7) is 1.95. The van der Waals surface area contributed by atoms with E-state index in [4.69, 9.17) is 9.47 Å². The van der Waals surface area contributed by atoms with Gasteiger partial charge in [-0.1, -0.05) is 18.2 Å². The highest BCUT2D eigenvalue weighted by molar-refractivity contribution is 5.92. The number of nitrogens with one attached hydrogen (secondary N) is 2. The van der Waals surface area contributed by atoms with E-state index in [0.717, 1.165) is 28.2 Å². The number of para-hydroxylation sites is 1. The minimum atomic E-state index is -0.0842. The fourth-order valence-corrected chi connectivity index (χ4v) is 2.92. The smallest absolute Gasteiger partial charge is 0.228 e. The second-order valence-corrected chi connectivity index (χ2v) is 6.43. The van der Waals surface area contributed by atoms with Crippen LogP contribution in [0, 0.1) is 6.92 Å². The third-order valence-corrected chi connectivity index (χ3v) is 4.42. The molecule has 0 spiro atoms. The van der Waals surface area contributed by atoms with Gasteiger partial charge in [-0.15, -0.1) is 0 Å². The first-order valence-corrected chi connectivity index (χ1v) is 9.02. The third kappa shape index (κ3) is 4.82. The molecular formula is C23H24N2O3. The van der Waals surface area contributed by atoms with Gasteiger partial charge in [0.1, 0.15) is 0 Å². The van der Waals surface area contributed by atoms with E-state index in [1.54, 1.807) is 14.2 Å². The minimum absolute atomic E-state index is 0.0842. The van der Waals surface area contributed by atoms with Gasteiger partial charge in [-0.25, -0.2) is 0 Å². The second-order valence-electron chi connectivity index (χ2n) is 6.43. The molecule has 144 valence electrons. The first-order valence-electron chi connectivity index (χ1n) is 9.02. The summed E-state index contributed by atoms with van der Waals surface area (Å²) in [6, 6.07) is 21.3. The topological polar surface area (TPSA) is 59.6 Å². The van der Waals surface area contributed by atoms with Gasteiger partial charge in [-0.2, -0.15) is 0 Å². The molecule has 1 amide bonds. The lowest BCUT2D eigenvalue weighted by molar-refractivity contribution is -0.115. The molecule has 0 heterocycles. The number of carbonyl (C=O) groups is 1. The van der Waals surface area contributed by atoms with E-state index in [1.807, 2.05) is 73.7 Å². The van der Waals surface area contributed by atoms with Crippen LogP contribution in [0.3, 0.4) is 0 Å². The standard InChI is InChI=1S/C23H24N2O3/c1-16-13-21(27-2)22(28-3)14-17(16)15-23(26)25-20-11-9-19(10-12-20)24-18-7-5-4-6-8-18/h4-14,24H,15H2,1-3H3,(H,25,26). The van der Waals surface area contributed by atoms with Gasteiger partial charge in [0.25, 0.3) is 0 Å². The fraction of sp³-hybridized carbons (Fsp3) is 0.174. The molecule has 0 aromatic heterocycles.